The first-order valence-electron chi connectivity index (χ1n) is 8.56. The molecule has 0 spiro atoms. The predicted octanol–water partition coefficient (Wildman–Crippen LogP) is 3.90. The molecule has 27 heavy (non-hydrogen) atoms. The van der Waals surface area contributed by atoms with Crippen LogP contribution in [0.25, 0.3) is 11.3 Å². The molecule has 2 heterocycles. The van der Waals surface area contributed by atoms with Crippen molar-refractivity contribution >= 4 is 23.2 Å². The number of aromatic nitrogens is 1. The summed E-state index contributed by atoms with van der Waals surface area (Å²) < 4.78 is 10.6. The van der Waals surface area contributed by atoms with E-state index in [4.69, 9.17) is 9.26 Å². The van der Waals surface area contributed by atoms with E-state index >= 15 is 0 Å². The first kappa shape index (κ1) is 18.8. The molecule has 1 amide bonds. The first-order chi connectivity index (χ1) is 13.0. The highest BCUT2D eigenvalue weighted by molar-refractivity contribution is 7.12. The maximum absolute atomic E-state index is 12.4. The summed E-state index contributed by atoms with van der Waals surface area (Å²) in [6, 6.07) is 14.0. The molecular formula is C20H20N2O4S. The molecule has 0 saturated heterocycles. The van der Waals surface area contributed by atoms with E-state index in [2.05, 4.69) is 10.5 Å². The van der Waals surface area contributed by atoms with Gasteiger partial charge < -0.3 is 14.6 Å². The molecule has 3 rings (SSSR count). The highest BCUT2D eigenvalue weighted by Gasteiger charge is 2.26. The van der Waals surface area contributed by atoms with Crippen LogP contribution in [0.3, 0.4) is 0 Å². The molecule has 140 valence electrons. The molecule has 0 fully saturated rings. The fraction of sp³-hybridized carbons (Fsp3) is 0.250. The minimum Gasteiger partial charge on any atom is -0.458 e. The van der Waals surface area contributed by atoms with Gasteiger partial charge >= 0.3 is 5.97 Å². The van der Waals surface area contributed by atoms with Gasteiger partial charge in [-0.05, 0) is 17.4 Å². The second-order valence-corrected chi connectivity index (χ2v) is 7.28. The number of nitrogens with one attached hydrogen (secondary N) is 1. The third-order valence-electron chi connectivity index (χ3n) is 3.93. The standard InChI is InChI=1S/C20H20N2O4S/c1-13(2)18(21-19(23)17-9-6-10-27-17)20(24)25-12-15-11-16(26-22-15)14-7-4-3-5-8-14/h3-11,13,18H,12H2,1-2H3,(H,21,23)/t18-/m1/s1. The minimum absolute atomic E-state index is 0.0206. The van der Waals surface area contributed by atoms with Crippen molar-refractivity contribution < 1.29 is 18.8 Å². The van der Waals surface area contributed by atoms with Gasteiger partial charge in [-0.25, -0.2) is 4.79 Å². The molecule has 1 aromatic carbocycles. The minimum atomic E-state index is -0.736. The van der Waals surface area contributed by atoms with Crippen LogP contribution < -0.4 is 5.32 Å². The zero-order valence-corrected chi connectivity index (χ0v) is 15.9. The Kier molecular flexibility index (Phi) is 6.03. The topological polar surface area (TPSA) is 81.4 Å². The van der Waals surface area contributed by atoms with Crippen molar-refractivity contribution in [2.45, 2.75) is 26.5 Å². The Morgan fingerprint density at radius 3 is 2.63 bits per heavy atom. The van der Waals surface area contributed by atoms with Gasteiger partial charge in [-0.1, -0.05) is 55.4 Å². The lowest BCUT2D eigenvalue weighted by Crippen LogP contribution is -2.45. The van der Waals surface area contributed by atoms with Crippen molar-refractivity contribution in [2.75, 3.05) is 0 Å². The van der Waals surface area contributed by atoms with Gasteiger partial charge in [0.2, 0.25) is 0 Å². The van der Waals surface area contributed by atoms with E-state index in [1.54, 1.807) is 18.2 Å². The fourth-order valence-corrected chi connectivity index (χ4v) is 3.10. The van der Waals surface area contributed by atoms with Crippen molar-refractivity contribution in [1.29, 1.82) is 0 Å². The summed E-state index contributed by atoms with van der Waals surface area (Å²) in [4.78, 5) is 25.2. The summed E-state index contributed by atoms with van der Waals surface area (Å²) in [5.41, 5.74) is 1.40. The highest BCUT2D eigenvalue weighted by atomic mass is 32.1. The highest BCUT2D eigenvalue weighted by Crippen LogP contribution is 2.20. The van der Waals surface area contributed by atoms with Gasteiger partial charge in [0.1, 0.15) is 18.3 Å². The Bertz CT molecular complexity index is 888. The molecule has 2 aromatic heterocycles. The van der Waals surface area contributed by atoms with E-state index < -0.39 is 12.0 Å². The smallest absolute Gasteiger partial charge is 0.329 e. The first-order valence-corrected chi connectivity index (χ1v) is 9.44. The number of carbonyl (C=O) groups is 2. The van der Waals surface area contributed by atoms with Crippen molar-refractivity contribution in [1.82, 2.24) is 10.5 Å². The van der Waals surface area contributed by atoms with Gasteiger partial charge in [0.25, 0.3) is 5.91 Å². The zero-order chi connectivity index (χ0) is 19.2. The largest absolute Gasteiger partial charge is 0.458 e. The second-order valence-electron chi connectivity index (χ2n) is 6.33. The number of hydrogen-bond acceptors (Lipinski definition) is 6. The Balaban J connectivity index is 1.60. The van der Waals surface area contributed by atoms with E-state index in [9.17, 15) is 9.59 Å². The van der Waals surface area contributed by atoms with Gasteiger partial charge in [-0.2, -0.15) is 0 Å². The van der Waals surface area contributed by atoms with Crippen molar-refractivity contribution in [3.05, 3.63) is 64.5 Å². The average Bonchev–Trinajstić information content (AvgIpc) is 3.36. The van der Waals surface area contributed by atoms with Crippen LogP contribution in [0.15, 0.2) is 58.4 Å². The van der Waals surface area contributed by atoms with Crippen molar-refractivity contribution in [3.63, 3.8) is 0 Å². The monoisotopic (exact) mass is 384 g/mol. The number of rotatable bonds is 7. The number of thiophene rings is 1. The lowest BCUT2D eigenvalue weighted by Gasteiger charge is -2.20. The van der Waals surface area contributed by atoms with Crippen LogP contribution in [0.4, 0.5) is 0 Å². The van der Waals surface area contributed by atoms with Crippen LogP contribution in [0.1, 0.15) is 29.2 Å². The number of hydrogen-bond donors (Lipinski definition) is 1. The van der Waals surface area contributed by atoms with E-state index in [0.717, 1.165) is 5.56 Å². The molecule has 0 saturated carbocycles. The Morgan fingerprint density at radius 2 is 1.96 bits per heavy atom. The van der Waals surface area contributed by atoms with E-state index in [1.807, 2.05) is 49.6 Å². The van der Waals surface area contributed by atoms with Gasteiger partial charge in [0.05, 0.1) is 4.88 Å². The van der Waals surface area contributed by atoms with Crippen LogP contribution in [0, 0.1) is 5.92 Å². The Hall–Kier alpha value is -2.93. The van der Waals surface area contributed by atoms with Crippen LogP contribution >= 0.6 is 11.3 Å². The predicted molar refractivity (Wildman–Crippen MR) is 102 cm³/mol. The van der Waals surface area contributed by atoms with Crippen molar-refractivity contribution in [2.24, 2.45) is 5.92 Å². The molecule has 0 unspecified atom stereocenters. The SMILES string of the molecule is CC(C)[C@@H](NC(=O)c1cccs1)C(=O)OCc1cc(-c2ccccc2)on1. The number of esters is 1. The molecule has 1 N–H and O–H groups in total. The van der Waals surface area contributed by atoms with Gasteiger partial charge in [0, 0.05) is 11.6 Å². The third kappa shape index (κ3) is 4.83. The number of ether oxygens (including phenoxy) is 1. The summed E-state index contributed by atoms with van der Waals surface area (Å²) >= 11 is 1.32. The maximum Gasteiger partial charge on any atom is 0.329 e. The van der Waals surface area contributed by atoms with Crippen LogP contribution in [-0.2, 0) is 16.1 Å². The molecule has 0 bridgehead atoms. The number of benzene rings is 1. The summed E-state index contributed by atoms with van der Waals surface area (Å²) in [6.07, 6.45) is 0. The van der Waals surface area contributed by atoms with E-state index in [0.29, 0.717) is 16.3 Å². The van der Waals surface area contributed by atoms with Gasteiger partial charge in [-0.3, -0.25) is 4.79 Å². The summed E-state index contributed by atoms with van der Waals surface area (Å²) in [6.45, 7) is 3.68. The van der Waals surface area contributed by atoms with Crippen LogP contribution in [0.5, 0.6) is 0 Å². The number of amides is 1. The lowest BCUT2D eigenvalue weighted by atomic mass is 10.0. The molecular weight excluding hydrogens is 364 g/mol. The maximum atomic E-state index is 12.4. The van der Waals surface area contributed by atoms with E-state index in [-0.39, 0.29) is 18.4 Å². The summed E-state index contributed by atoms with van der Waals surface area (Å²) in [7, 11) is 0. The summed E-state index contributed by atoms with van der Waals surface area (Å²) in [5.74, 6) is -0.292. The van der Waals surface area contributed by atoms with Gasteiger partial charge in [0.15, 0.2) is 5.76 Å². The van der Waals surface area contributed by atoms with Gasteiger partial charge in [-0.15, -0.1) is 11.3 Å². The molecule has 0 radical (unpaired) electrons. The average molecular weight is 384 g/mol. The fourth-order valence-electron chi connectivity index (χ4n) is 2.47. The Morgan fingerprint density at radius 1 is 1.19 bits per heavy atom. The summed E-state index contributed by atoms with van der Waals surface area (Å²) in [5, 5.41) is 8.48. The normalized spacial score (nSPS) is 12.0. The quantitative estimate of drug-likeness (QED) is 0.625. The molecule has 6 nitrogen and oxygen atoms in total. The molecule has 0 aliphatic heterocycles. The molecule has 1 atom stereocenters. The molecule has 0 aliphatic rings. The molecule has 0 aliphatic carbocycles. The molecule has 3 aromatic rings. The molecule has 7 heteroatoms. The van der Waals surface area contributed by atoms with E-state index in [1.165, 1.54) is 11.3 Å². The lowest BCUT2D eigenvalue weighted by molar-refractivity contribution is -0.148. The zero-order valence-electron chi connectivity index (χ0n) is 15.0. The third-order valence-corrected chi connectivity index (χ3v) is 4.80. The Labute approximate surface area is 161 Å². The number of nitrogens with zero attached hydrogens (tertiary/aromatic N) is 1. The van der Waals surface area contributed by atoms with Crippen LogP contribution in [-0.4, -0.2) is 23.1 Å². The van der Waals surface area contributed by atoms with Crippen LogP contribution in [0.2, 0.25) is 0 Å². The second kappa shape index (κ2) is 8.64. The number of carbonyl (C=O) groups excluding carboxylic acids is 2. The van der Waals surface area contributed by atoms with Crippen molar-refractivity contribution in [3.8, 4) is 11.3 Å².